The molecule has 1 aliphatic rings. The molecule has 0 saturated carbocycles. The van der Waals surface area contributed by atoms with Crippen molar-refractivity contribution < 1.29 is 4.74 Å². The molecule has 2 N–H and O–H groups in total. The van der Waals surface area contributed by atoms with Gasteiger partial charge >= 0.3 is 0 Å². The highest BCUT2D eigenvalue weighted by atomic mass is 79.9. The second-order valence-corrected chi connectivity index (χ2v) is 7.91. The Hall–Kier alpha value is -2.01. The highest BCUT2D eigenvalue weighted by Gasteiger charge is 2.31. The fourth-order valence-corrected chi connectivity index (χ4v) is 4.05. The number of ether oxygens (including phenoxy) is 1. The van der Waals surface area contributed by atoms with Crippen molar-refractivity contribution in [2.75, 3.05) is 20.2 Å². The molecule has 0 aliphatic carbocycles. The van der Waals surface area contributed by atoms with Gasteiger partial charge in [0.15, 0.2) is 5.96 Å². The van der Waals surface area contributed by atoms with E-state index in [2.05, 4.69) is 66.2 Å². The number of guanidine groups is 1. The van der Waals surface area contributed by atoms with Gasteiger partial charge in [0.05, 0.1) is 16.6 Å². The van der Waals surface area contributed by atoms with E-state index in [0.29, 0.717) is 12.6 Å². The second-order valence-electron chi connectivity index (χ2n) is 7.05. The molecule has 3 rings (SSSR count). The first-order valence-electron chi connectivity index (χ1n) is 8.94. The molecule has 0 radical (unpaired) electrons. The Morgan fingerprint density at radius 2 is 2.08 bits per heavy atom. The molecule has 0 aromatic heterocycles. The SMILES string of the molecule is CCOc1c(Br)cc(C)cc1-c1cccc(C2(C)CCN(C)C(N)=N2)c1. The van der Waals surface area contributed by atoms with Crippen LogP contribution in [0.15, 0.2) is 45.9 Å². The van der Waals surface area contributed by atoms with Gasteiger partial charge in [-0.3, -0.25) is 0 Å². The summed E-state index contributed by atoms with van der Waals surface area (Å²) in [6.45, 7) is 7.78. The maximum atomic E-state index is 6.09. The lowest BCUT2D eigenvalue weighted by molar-refractivity contribution is 0.338. The lowest BCUT2D eigenvalue weighted by Crippen LogP contribution is -2.43. The van der Waals surface area contributed by atoms with Crippen LogP contribution in [0.1, 0.15) is 31.4 Å². The van der Waals surface area contributed by atoms with Crippen LogP contribution in [0.25, 0.3) is 11.1 Å². The Kier molecular flexibility index (Phi) is 5.28. The van der Waals surface area contributed by atoms with Crippen LogP contribution in [0.3, 0.4) is 0 Å². The van der Waals surface area contributed by atoms with Crippen LogP contribution in [0.2, 0.25) is 0 Å². The van der Waals surface area contributed by atoms with Crippen molar-refractivity contribution in [3.05, 3.63) is 52.0 Å². The van der Waals surface area contributed by atoms with Crippen LogP contribution in [-0.4, -0.2) is 31.1 Å². The quantitative estimate of drug-likeness (QED) is 0.787. The standard InChI is InChI=1S/C21H26BrN3O/c1-5-26-19-17(11-14(2)12-18(19)22)15-7-6-8-16(13-15)21(3)9-10-25(4)20(23)24-21/h6-8,11-13H,5,9-10H2,1-4H3,(H2,23,24). The molecule has 0 saturated heterocycles. The Balaban J connectivity index is 2.09. The summed E-state index contributed by atoms with van der Waals surface area (Å²) in [7, 11) is 1.98. The van der Waals surface area contributed by atoms with E-state index in [0.717, 1.165) is 34.3 Å². The van der Waals surface area contributed by atoms with Gasteiger partial charge in [-0.05, 0) is 78.0 Å². The van der Waals surface area contributed by atoms with Crippen molar-refractivity contribution in [1.82, 2.24) is 4.90 Å². The third-order valence-corrected chi connectivity index (χ3v) is 5.55. The zero-order chi connectivity index (χ0) is 18.9. The van der Waals surface area contributed by atoms with Crippen molar-refractivity contribution in [1.29, 1.82) is 0 Å². The topological polar surface area (TPSA) is 50.9 Å². The predicted molar refractivity (Wildman–Crippen MR) is 112 cm³/mol. The van der Waals surface area contributed by atoms with Gasteiger partial charge < -0.3 is 15.4 Å². The van der Waals surface area contributed by atoms with Crippen LogP contribution in [-0.2, 0) is 5.54 Å². The van der Waals surface area contributed by atoms with E-state index in [9.17, 15) is 0 Å². The summed E-state index contributed by atoms with van der Waals surface area (Å²) in [5, 5.41) is 0. The first kappa shape index (κ1) is 18.8. The monoisotopic (exact) mass is 415 g/mol. The molecule has 2 aromatic rings. The molecule has 0 bridgehead atoms. The summed E-state index contributed by atoms with van der Waals surface area (Å²) in [5.41, 5.74) is 10.4. The molecule has 0 spiro atoms. The minimum Gasteiger partial charge on any atom is -0.492 e. The van der Waals surface area contributed by atoms with Crippen LogP contribution in [0.5, 0.6) is 5.75 Å². The molecule has 1 aliphatic heterocycles. The maximum absolute atomic E-state index is 6.09. The van der Waals surface area contributed by atoms with Gasteiger partial charge in [-0.25, -0.2) is 4.99 Å². The number of halogens is 1. The summed E-state index contributed by atoms with van der Waals surface area (Å²) >= 11 is 3.65. The number of aliphatic imine (C=N–C) groups is 1. The molecular weight excluding hydrogens is 390 g/mol. The van der Waals surface area contributed by atoms with Gasteiger partial charge in [-0.2, -0.15) is 0 Å². The average Bonchev–Trinajstić information content (AvgIpc) is 2.61. The van der Waals surface area contributed by atoms with Crippen LogP contribution in [0, 0.1) is 6.92 Å². The normalized spacial score (nSPS) is 20.0. The summed E-state index contributed by atoms with van der Waals surface area (Å²) in [6, 6.07) is 12.8. The number of hydrogen-bond donors (Lipinski definition) is 1. The molecule has 0 amide bonds. The van der Waals surface area contributed by atoms with Crippen molar-refractivity contribution in [3.63, 3.8) is 0 Å². The predicted octanol–water partition coefficient (Wildman–Crippen LogP) is 4.69. The van der Waals surface area contributed by atoms with Gasteiger partial charge in [0.25, 0.3) is 0 Å². The van der Waals surface area contributed by atoms with Gasteiger partial charge in [-0.1, -0.05) is 18.2 Å². The minimum absolute atomic E-state index is 0.306. The molecule has 2 aromatic carbocycles. The molecular formula is C21H26BrN3O. The van der Waals surface area contributed by atoms with Crippen LogP contribution < -0.4 is 10.5 Å². The number of benzene rings is 2. The number of aryl methyl sites for hydroxylation is 1. The van der Waals surface area contributed by atoms with Gasteiger partial charge in [-0.15, -0.1) is 0 Å². The zero-order valence-electron chi connectivity index (χ0n) is 15.8. The maximum Gasteiger partial charge on any atom is 0.191 e. The Morgan fingerprint density at radius 3 is 2.77 bits per heavy atom. The fraction of sp³-hybridized carbons (Fsp3) is 0.381. The van der Waals surface area contributed by atoms with E-state index < -0.39 is 0 Å². The Bertz CT molecular complexity index is 849. The van der Waals surface area contributed by atoms with E-state index in [-0.39, 0.29) is 5.54 Å². The summed E-state index contributed by atoms with van der Waals surface area (Å²) in [6.07, 6.45) is 0.934. The van der Waals surface area contributed by atoms with Crippen molar-refractivity contribution in [3.8, 4) is 16.9 Å². The van der Waals surface area contributed by atoms with E-state index in [1.54, 1.807) is 0 Å². The zero-order valence-corrected chi connectivity index (χ0v) is 17.4. The van der Waals surface area contributed by atoms with Crippen molar-refractivity contribution in [2.24, 2.45) is 10.7 Å². The van der Waals surface area contributed by atoms with Gasteiger partial charge in [0.2, 0.25) is 0 Å². The van der Waals surface area contributed by atoms with Gasteiger partial charge in [0.1, 0.15) is 5.75 Å². The Morgan fingerprint density at radius 1 is 1.31 bits per heavy atom. The van der Waals surface area contributed by atoms with E-state index in [4.69, 9.17) is 15.5 Å². The lowest BCUT2D eigenvalue weighted by Gasteiger charge is -2.35. The molecule has 5 heteroatoms. The number of nitrogens with two attached hydrogens (primary N) is 1. The van der Waals surface area contributed by atoms with Gasteiger partial charge in [0, 0.05) is 19.2 Å². The highest BCUT2D eigenvalue weighted by molar-refractivity contribution is 9.10. The summed E-state index contributed by atoms with van der Waals surface area (Å²) in [4.78, 5) is 6.77. The molecule has 1 atom stereocenters. The molecule has 138 valence electrons. The third kappa shape index (κ3) is 3.58. The first-order valence-corrected chi connectivity index (χ1v) is 9.73. The third-order valence-electron chi connectivity index (χ3n) is 4.96. The minimum atomic E-state index is -0.306. The number of nitrogens with zero attached hydrogens (tertiary/aromatic N) is 2. The first-order chi connectivity index (χ1) is 12.3. The molecule has 1 heterocycles. The molecule has 1 unspecified atom stereocenters. The van der Waals surface area contributed by atoms with Crippen molar-refractivity contribution in [2.45, 2.75) is 32.7 Å². The van der Waals surface area contributed by atoms with E-state index >= 15 is 0 Å². The molecule has 0 fully saturated rings. The highest BCUT2D eigenvalue weighted by Crippen LogP contribution is 2.40. The van der Waals surface area contributed by atoms with Crippen LogP contribution >= 0.6 is 15.9 Å². The van der Waals surface area contributed by atoms with Crippen molar-refractivity contribution >= 4 is 21.9 Å². The largest absolute Gasteiger partial charge is 0.492 e. The second kappa shape index (κ2) is 7.31. The van der Waals surface area contributed by atoms with Crippen LogP contribution in [0.4, 0.5) is 0 Å². The molecule has 26 heavy (non-hydrogen) atoms. The smallest absolute Gasteiger partial charge is 0.191 e. The molecule has 4 nitrogen and oxygen atoms in total. The summed E-state index contributed by atoms with van der Waals surface area (Å²) in [5.74, 6) is 1.48. The average molecular weight is 416 g/mol. The fourth-order valence-electron chi connectivity index (χ4n) is 3.36. The lowest BCUT2D eigenvalue weighted by atomic mass is 9.86. The van der Waals surface area contributed by atoms with E-state index in [1.807, 2.05) is 18.9 Å². The number of rotatable bonds is 4. The van der Waals surface area contributed by atoms with E-state index in [1.165, 1.54) is 11.1 Å². The summed E-state index contributed by atoms with van der Waals surface area (Å²) < 4.78 is 6.90. The Labute approximate surface area is 164 Å². The number of hydrogen-bond acceptors (Lipinski definition) is 4.